The maximum atomic E-state index is 11.6. The van der Waals surface area contributed by atoms with Gasteiger partial charge in [0.05, 0.1) is 5.69 Å². The first kappa shape index (κ1) is 9.66. The third-order valence-corrected chi connectivity index (χ3v) is 3.38. The van der Waals surface area contributed by atoms with Crippen LogP contribution in [-0.2, 0) is 5.54 Å². The van der Waals surface area contributed by atoms with Gasteiger partial charge in [0.2, 0.25) is 0 Å². The standard InChI is InChI=1S/C12H15N3O/c13-12(5-6-12)9-3-1-2-4-10(9)15-8-7-14-11(15)16/h1-4H,5-8,13H2,(H,14,16). The molecule has 0 atom stereocenters. The van der Waals surface area contributed by atoms with Crippen LogP contribution in [0.15, 0.2) is 24.3 Å². The Bertz CT molecular complexity index is 440. The number of carbonyl (C=O) groups excluding carboxylic acids is 1. The van der Waals surface area contributed by atoms with Crippen molar-refractivity contribution in [2.24, 2.45) is 5.73 Å². The molecule has 0 spiro atoms. The van der Waals surface area contributed by atoms with Gasteiger partial charge in [0, 0.05) is 18.6 Å². The molecule has 1 aliphatic carbocycles. The zero-order valence-corrected chi connectivity index (χ0v) is 9.07. The minimum absolute atomic E-state index is 0.0169. The fourth-order valence-corrected chi connectivity index (χ4v) is 2.24. The van der Waals surface area contributed by atoms with Gasteiger partial charge in [-0.05, 0) is 24.5 Å². The van der Waals surface area contributed by atoms with Crippen LogP contribution in [-0.4, -0.2) is 19.1 Å². The Morgan fingerprint density at radius 2 is 2.06 bits per heavy atom. The molecule has 1 aliphatic heterocycles. The molecule has 4 nitrogen and oxygen atoms in total. The molecule has 0 unspecified atom stereocenters. The van der Waals surface area contributed by atoms with Crippen molar-refractivity contribution >= 4 is 11.7 Å². The number of carbonyl (C=O) groups is 1. The molecule has 0 bridgehead atoms. The van der Waals surface area contributed by atoms with E-state index in [9.17, 15) is 4.79 Å². The quantitative estimate of drug-likeness (QED) is 0.781. The molecule has 1 aromatic carbocycles. The lowest BCUT2D eigenvalue weighted by Gasteiger charge is -2.21. The van der Waals surface area contributed by atoms with Crippen molar-refractivity contribution in [3.05, 3.63) is 29.8 Å². The van der Waals surface area contributed by atoms with E-state index in [2.05, 4.69) is 5.32 Å². The van der Waals surface area contributed by atoms with Crippen molar-refractivity contribution in [3.63, 3.8) is 0 Å². The van der Waals surface area contributed by atoms with E-state index in [-0.39, 0.29) is 11.6 Å². The second-order valence-electron chi connectivity index (χ2n) is 4.56. The van der Waals surface area contributed by atoms with Crippen molar-refractivity contribution < 1.29 is 4.79 Å². The Morgan fingerprint density at radius 3 is 2.69 bits per heavy atom. The number of rotatable bonds is 2. The highest BCUT2D eigenvalue weighted by molar-refractivity contribution is 5.95. The van der Waals surface area contributed by atoms with E-state index in [1.54, 1.807) is 4.90 Å². The van der Waals surface area contributed by atoms with Crippen LogP contribution in [0.2, 0.25) is 0 Å². The van der Waals surface area contributed by atoms with Gasteiger partial charge in [-0.1, -0.05) is 18.2 Å². The molecule has 1 aromatic rings. The highest BCUT2D eigenvalue weighted by atomic mass is 16.2. The van der Waals surface area contributed by atoms with Crippen molar-refractivity contribution in [1.82, 2.24) is 5.32 Å². The minimum Gasteiger partial charge on any atom is -0.336 e. The van der Waals surface area contributed by atoms with Crippen LogP contribution in [0.3, 0.4) is 0 Å². The molecular weight excluding hydrogens is 202 g/mol. The van der Waals surface area contributed by atoms with E-state index in [0.29, 0.717) is 6.54 Å². The second kappa shape index (κ2) is 3.22. The number of urea groups is 1. The molecule has 1 heterocycles. The third-order valence-electron chi connectivity index (χ3n) is 3.38. The monoisotopic (exact) mass is 217 g/mol. The Balaban J connectivity index is 2.03. The van der Waals surface area contributed by atoms with Crippen LogP contribution < -0.4 is 16.0 Å². The van der Waals surface area contributed by atoms with Gasteiger partial charge in [-0.15, -0.1) is 0 Å². The molecule has 0 aromatic heterocycles. The summed E-state index contributed by atoms with van der Waals surface area (Å²) in [5.41, 5.74) is 8.10. The number of benzene rings is 1. The van der Waals surface area contributed by atoms with Crippen molar-refractivity contribution in [2.45, 2.75) is 18.4 Å². The highest BCUT2D eigenvalue weighted by Crippen LogP contribution is 2.46. The van der Waals surface area contributed by atoms with E-state index in [4.69, 9.17) is 5.73 Å². The first-order valence-electron chi connectivity index (χ1n) is 5.64. The highest BCUT2D eigenvalue weighted by Gasteiger charge is 2.42. The van der Waals surface area contributed by atoms with Gasteiger partial charge in [-0.2, -0.15) is 0 Å². The summed E-state index contributed by atoms with van der Waals surface area (Å²) in [7, 11) is 0. The minimum atomic E-state index is -0.195. The molecule has 3 rings (SSSR count). The first-order valence-corrected chi connectivity index (χ1v) is 5.64. The Kier molecular flexibility index (Phi) is 1.94. The normalized spacial score (nSPS) is 22.1. The Morgan fingerprint density at radius 1 is 1.31 bits per heavy atom. The maximum absolute atomic E-state index is 11.6. The van der Waals surface area contributed by atoms with Gasteiger partial charge in [-0.3, -0.25) is 4.90 Å². The summed E-state index contributed by atoms with van der Waals surface area (Å²) in [6.07, 6.45) is 2.03. The van der Waals surface area contributed by atoms with E-state index in [1.807, 2.05) is 24.3 Å². The van der Waals surface area contributed by atoms with Crippen LogP contribution in [0.5, 0.6) is 0 Å². The van der Waals surface area contributed by atoms with Gasteiger partial charge in [0.15, 0.2) is 0 Å². The average molecular weight is 217 g/mol. The van der Waals surface area contributed by atoms with E-state index in [0.717, 1.165) is 30.6 Å². The first-order chi connectivity index (χ1) is 7.71. The van der Waals surface area contributed by atoms with E-state index >= 15 is 0 Å². The second-order valence-corrected chi connectivity index (χ2v) is 4.56. The van der Waals surface area contributed by atoms with Gasteiger partial charge in [0.1, 0.15) is 0 Å². The number of para-hydroxylation sites is 1. The number of amides is 2. The number of nitrogens with two attached hydrogens (primary N) is 1. The SMILES string of the molecule is NC1(c2ccccc2N2CCNC2=O)CC1. The summed E-state index contributed by atoms with van der Waals surface area (Å²) >= 11 is 0. The molecular formula is C12H15N3O. The van der Waals surface area contributed by atoms with Gasteiger partial charge in [0.25, 0.3) is 0 Å². The lowest BCUT2D eigenvalue weighted by Crippen LogP contribution is -2.31. The molecule has 2 fully saturated rings. The predicted molar refractivity (Wildman–Crippen MR) is 62.3 cm³/mol. The topological polar surface area (TPSA) is 58.4 Å². The van der Waals surface area contributed by atoms with Crippen molar-refractivity contribution in [2.75, 3.05) is 18.0 Å². The summed E-state index contributed by atoms with van der Waals surface area (Å²) < 4.78 is 0. The van der Waals surface area contributed by atoms with E-state index < -0.39 is 0 Å². The van der Waals surface area contributed by atoms with Crippen LogP contribution in [0, 0.1) is 0 Å². The summed E-state index contributed by atoms with van der Waals surface area (Å²) in [5.74, 6) is 0. The molecule has 16 heavy (non-hydrogen) atoms. The molecule has 0 radical (unpaired) electrons. The zero-order valence-electron chi connectivity index (χ0n) is 9.07. The molecule has 3 N–H and O–H groups in total. The predicted octanol–water partition coefficient (Wildman–Crippen LogP) is 1.16. The fraction of sp³-hybridized carbons (Fsp3) is 0.417. The molecule has 2 aliphatic rings. The number of nitrogens with one attached hydrogen (secondary N) is 1. The average Bonchev–Trinajstić information content (AvgIpc) is 2.89. The van der Waals surface area contributed by atoms with Crippen molar-refractivity contribution in [1.29, 1.82) is 0 Å². The van der Waals surface area contributed by atoms with E-state index in [1.165, 1.54) is 0 Å². The summed E-state index contributed by atoms with van der Waals surface area (Å²) in [6.45, 7) is 1.44. The van der Waals surface area contributed by atoms with Crippen LogP contribution in [0.1, 0.15) is 18.4 Å². The number of anilines is 1. The Labute approximate surface area is 94.4 Å². The van der Waals surface area contributed by atoms with Gasteiger partial charge >= 0.3 is 6.03 Å². The molecule has 1 saturated carbocycles. The zero-order chi connectivity index (χ0) is 11.2. The molecule has 1 saturated heterocycles. The van der Waals surface area contributed by atoms with Crippen molar-refractivity contribution in [3.8, 4) is 0 Å². The maximum Gasteiger partial charge on any atom is 0.322 e. The largest absolute Gasteiger partial charge is 0.336 e. The molecule has 4 heteroatoms. The summed E-state index contributed by atoms with van der Waals surface area (Å²) in [6, 6.07) is 7.94. The number of nitrogens with zero attached hydrogens (tertiary/aromatic N) is 1. The van der Waals surface area contributed by atoms with Crippen LogP contribution in [0.25, 0.3) is 0 Å². The van der Waals surface area contributed by atoms with Gasteiger partial charge < -0.3 is 11.1 Å². The van der Waals surface area contributed by atoms with Gasteiger partial charge in [-0.25, -0.2) is 4.79 Å². The number of hydrogen-bond acceptors (Lipinski definition) is 2. The smallest absolute Gasteiger partial charge is 0.322 e. The lowest BCUT2D eigenvalue weighted by molar-refractivity contribution is 0.252. The third kappa shape index (κ3) is 1.38. The fourth-order valence-electron chi connectivity index (χ4n) is 2.24. The molecule has 84 valence electrons. The summed E-state index contributed by atoms with van der Waals surface area (Å²) in [5, 5.41) is 2.81. The Hall–Kier alpha value is -1.55. The lowest BCUT2D eigenvalue weighted by atomic mass is 10.0. The summed E-state index contributed by atoms with van der Waals surface area (Å²) in [4.78, 5) is 13.4. The van der Waals surface area contributed by atoms with Crippen LogP contribution in [0.4, 0.5) is 10.5 Å². The van der Waals surface area contributed by atoms with Crippen LogP contribution >= 0.6 is 0 Å². The molecule has 2 amide bonds. The number of hydrogen-bond donors (Lipinski definition) is 2.